The van der Waals surface area contributed by atoms with E-state index in [0.717, 1.165) is 12.8 Å². The van der Waals surface area contributed by atoms with E-state index in [1.165, 1.54) is 18.5 Å². The minimum Gasteiger partial charge on any atom is -0.374 e. The molecule has 2 amide bonds. The second-order valence-corrected chi connectivity index (χ2v) is 9.84. The minimum atomic E-state index is -0.835. The fourth-order valence-corrected chi connectivity index (χ4v) is 4.92. The summed E-state index contributed by atoms with van der Waals surface area (Å²) in [7, 11) is 0. The molecule has 3 rings (SSSR count). The quantitative estimate of drug-likeness (QED) is 0.334. The molecule has 1 aliphatic carbocycles. The number of hydrogen-bond acceptors (Lipinski definition) is 6. The van der Waals surface area contributed by atoms with Crippen LogP contribution in [-0.2, 0) is 9.59 Å². The highest BCUT2D eigenvalue weighted by Gasteiger charge is 2.69. The Labute approximate surface area is 186 Å². The van der Waals surface area contributed by atoms with Gasteiger partial charge in [0.2, 0.25) is 5.91 Å². The Bertz CT molecular complexity index is 830. The molecule has 30 heavy (non-hydrogen) atoms. The molecule has 1 aliphatic heterocycles. The van der Waals surface area contributed by atoms with Crippen LogP contribution in [0.3, 0.4) is 0 Å². The minimum absolute atomic E-state index is 0.0450. The number of rotatable bonds is 9. The van der Waals surface area contributed by atoms with Crippen LogP contribution in [0.4, 0.5) is 5.69 Å². The number of likely N-dealkylation sites (tertiary alicyclic amines) is 1. The number of nitrogens with zero attached hydrogens (tertiary/aromatic N) is 2. The van der Waals surface area contributed by atoms with Crippen molar-refractivity contribution in [3.63, 3.8) is 0 Å². The number of carbonyl (C=O) groups is 2. The van der Waals surface area contributed by atoms with Crippen LogP contribution in [0.25, 0.3) is 0 Å². The standard InChI is InChI=1S/C20H28Cl2N6O2/c1-19(2)15(20(19,21)22)10-26-8-12-4-3-7-28(12)16(29)11-27-14-9-25-6-5-13(14)17(23)18(24)30/h5-6,9,12,15,23,26-27H,3-4,7-8,10-11H2,1-2H3,(H2,24,30). The molecular formula is C20H28Cl2N6O2. The zero-order chi connectivity index (χ0) is 22.1. The number of nitrogens with two attached hydrogens (primary N) is 1. The Kier molecular flexibility index (Phi) is 6.60. The first kappa shape index (κ1) is 22.8. The molecule has 1 saturated heterocycles. The number of pyridine rings is 1. The molecule has 164 valence electrons. The molecule has 0 bridgehead atoms. The first-order chi connectivity index (χ1) is 14.1. The van der Waals surface area contributed by atoms with Gasteiger partial charge in [0.25, 0.3) is 5.91 Å². The number of primary amides is 1. The van der Waals surface area contributed by atoms with Gasteiger partial charge in [0.15, 0.2) is 0 Å². The Morgan fingerprint density at radius 2 is 2.07 bits per heavy atom. The molecule has 10 heteroatoms. The van der Waals surface area contributed by atoms with Crippen molar-refractivity contribution in [2.45, 2.75) is 37.1 Å². The average Bonchev–Trinajstić information content (AvgIpc) is 3.03. The van der Waals surface area contributed by atoms with Crippen molar-refractivity contribution in [2.24, 2.45) is 17.1 Å². The van der Waals surface area contributed by atoms with Gasteiger partial charge >= 0.3 is 0 Å². The highest BCUT2D eigenvalue weighted by molar-refractivity contribution is 6.51. The van der Waals surface area contributed by atoms with E-state index in [4.69, 9.17) is 34.3 Å². The van der Waals surface area contributed by atoms with Gasteiger partial charge in [-0.25, -0.2) is 0 Å². The summed E-state index contributed by atoms with van der Waals surface area (Å²) >= 11 is 12.7. The Morgan fingerprint density at radius 1 is 1.37 bits per heavy atom. The van der Waals surface area contributed by atoms with Crippen LogP contribution >= 0.6 is 23.2 Å². The Balaban J connectivity index is 1.52. The summed E-state index contributed by atoms with van der Waals surface area (Å²) in [6.07, 6.45) is 4.83. The van der Waals surface area contributed by atoms with Crippen LogP contribution in [-0.4, -0.2) is 64.0 Å². The highest BCUT2D eigenvalue weighted by atomic mass is 35.5. The summed E-state index contributed by atoms with van der Waals surface area (Å²) in [5.74, 6) is -0.696. The maximum absolute atomic E-state index is 12.8. The predicted molar refractivity (Wildman–Crippen MR) is 118 cm³/mol. The molecule has 2 unspecified atom stereocenters. The first-order valence-electron chi connectivity index (χ1n) is 10.0. The number of aromatic nitrogens is 1. The molecule has 2 fully saturated rings. The summed E-state index contributed by atoms with van der Waals surface area (Å²) in [5, 5.41) is 14.2. The van der Waals surface area contributed by atoms with E-state index in [-0.39, 0.29) is 35.5 Å². The number of carbonyl (C=O) groups excluding carboxylic acids is 2. The van der Waals surface area contributed by atoms with Gasteiger partial charge in [-0.3, -0.25) is 20.0 Å². The third-order valence-corrected chi connectivity index (χ3v) is 7.78. The second kappa shape index (κ2) is 8.69. The Morgan fingerprint density at radius 3 is 2.70 bits per heavy atom. The normalized spacial score (nSPS) is 23.8. The largest absolute Gasteiger partial charge is 0.374 e. The van der Waals surface area contributed by atoms with E-state index >= 15 is 0 Å². The maximum atomic E-state index is 12.8. The Hall–Kier alpha value is -1.90. The van der Waals surface area contributed by atoms with E-state index in [1.807, 2.05) is 4.90 Å². The maximum Gasteiger partial charge on any atom is 0.267 e. The number of halogens is 2. The van der Waals surface area contributed by atoms with E-state index in [0.29, 0.717) is 30.9 Å². The summed E-state index contributed by atoms with van der Waals surface area (Å²) < 4.78 is -0.699. The van der Waals surface area contributed by atoms with Crippen LogP contribution in [0.5, 0.6) is 0 Å². The lowest BCUT2D eigenvalue weighted by molar-refractivity contribution is -0.130. The molecule has 2 atom stereocenters. The van der Waals surface area contributed by atoms with Gasteiger partial charge in [0.1, 0.15) is 10.0 Å². The van der Waals surface area contributed by atoms with Crippen molar-refractivity contribution >= 4 is 46.4 Å². The predicted octanol–water partition coefficient (Wildman–Crippen LogP) is 1.76. The van der Waals surface area contributed by atoms with Gasteiger partial charge < -0.3 is 21.3 Å². The van der Waals surface area contributed by atoms with Crippen molar-refractivity contribution in [1.82, 2.24) is 15.2 Å². The molecule has 1 aromatic rings. The van der Waals surface area contributed by atoms with E-state index in [2.05, 4.69) is 29.5 Å². The number of nitrogens with one attached hydrogen (secondary N) is 3. The van der Waals surface area contributed by atoms with Crippen LogP contribution in [0.15, 0.2) is 18.5 Å². The van der Waals surface area contributed by atoms with Crippen molar-refractivity contribution < 1.29 is 9.59 Å². The smallest absolute Gasteiger partial charge is 0.267 e. The number of amides is 2. The zero-order valence-corrected chi connectivity index (χ0v) is 18.7. The SMILES string of the molecule is CC1(C)C(CNCC2CCCN2C(=O)CNc2cnccc2C(=N)C(N)=O)C1(Cl)Cl. The molecule has 5 N–H and O–H groups in total. The molecule has 2 aliphatic rings. The van der Waals surface area contributed by atoms with E-state index in [1.54, 1.807) is 0 Å². The lowest BCUT2D eigenvalue weighted by Gasteiger charge is -2.25. The molecular weight excluding hydrogens is 427 g/mol. The molecule has 1 saturated carbocycles. The fraction of sp³-hybridized carbons (Fsp3) is 0.600. The van der Waals surface area contributed by atoms with Crippen LogP contribution < -0.4 is 16.4 Å². The zero-order valence-electron chi connectivity index (χ0n) is 17.2. The van der Waals surface area contributed by atoms with Crippen LogP contribution in [0.1, 0.15) is 32.3 Å². The fourth-order valence-electron chi connectivity index (χ4n) is 4.07. The summed E-state index contributed by atoms with van der Waals surface area (Å²) in [4.78, 5) is 30.0. The average molecular weight is 455 g/mol. The molecule has 8 nitrogen and oxygen atoms in total. The third kappa shape index (κ3) is 4.40. The van der Waals surface area contributed by atoms with Crippen molar-refractivity contribution in [1.29, 1.82) is 5.41 Å². The number of alkyl halides is 2. The molecule has 2 heterocycles. The number of anilines is 1. The summed E-state index contributed by atoms with van der Waals surface area (Å²) in [6, 6.07) is 1.63. The summed E-state index contributed by atoms with van der Waals surface area (Å²) in [5.41, 5.74) is 5.52. The van der Waals surface area contributed by atoms with Gasteiger partial charge in [0, 0.05) is 48.8 Å². The van der Waals surface area contributed by atoms with Gasteiger partial charge in [-0.05, 0) is 18.9 Å². The molecule has 1 aromatic heterocycles. The second-order valence-electron chi connectivity index (χ2n) is 8.45. The topological polar surface area (TPSA) is 124 Å². The van der Waals surface area contributed by atoms with Gasteiger partial charge in [-0.2, -0.15) is 0 Å². The van der Waals surface area contributed by atoms with Crippen LogP contribution in [0, 0.1) is 16.7 Å². The lowest BCUT2D eigenvalue weighted by atomic mass is 10.1. The van der Waals surface area contributed by atoms with Crippen molar-refractivity contribution in [2.75, 3.05) is 31.5 Å². The van der Waals surface area contributed by atoms with Gasteiger partial charge in [-0.15, -0.1) is 23.2 Å². The van der Waals surface area contributed by atoms with Crippen molar-refractivity contribution in [3.8, 4) is 0 Å². The molecule has 0 radical (unpaired) electrons. The summed E-state index contributed by atoms with van der Waals surface area (Å²) in [6.45, 7) is 6.26. The monoisotopic (exact) mass is 454 g/mol. The molecule has 0 spiro atoms. The van der Waals surface area contributed by atoms with Gasteiger partial charge in [-0.1, -0.05) is 13.8 Å². The van der Waals surface area contributed by atoms with E-state index in [9.17, 15) is 9.59 Å². The van der Waals surface area contributed by atoms with E-state index < -0.39 is 10.2 Å². The third-order valence-electron chi connectivity index (χ3n) is 6.28. The highest BCUT2D eigenvalue weighted by Crippen LogP contribution is 2.68. The van der Waals surface area contributed by atoms with Crippen molar-refractivity contribution in [3.05, 3.63) is 24.0 Å². The lowest BCUT2D eigenvalue weighted by Crippen LogP contribution is -2.44. The first-order valence-corrected chi connectivity index (χ1v) is 10.8. The van der Waals surface area contributed by atoms with Gasteiger partial charge in [0.05, 0.1) is 18.4 Å². The number of hydrogen-bond donors (Lipinski definition) is 4. The van der Waals surface area contributed by atoms with Crippen LogP contribution in [0.2, 0.25) is 0 Å². The molecule has 0 aromatic carbocycles.